The van der Waals surface area contributed by atoms with Crippen LogP contribution < -0.4 is 4.72 Å². The fraction of sp³-hybridized carbons (Fsp3) is 0.471. The molecular weight excluding hydrogens is 374 g/mol. The molecule has 4 rings (SSSR count). The second-order valence-electron chi connectivity index (χ2n) is 6.55. The maximum atomic E-state index is 11.9. The topological polar surface area (TPSA) is 62.3 Å². The number of nitrogens with zero attached hydrogens (tertiary/aromatic N) is 2. The third kappa shape index (κ3) is 3.45. The van der Waals surface area contributed by atoms with Crippen molar-refractivity contribution < 1.29 is 8.42 Å². The molecule has 0 aliphatic carbocycles. The van der Waals surface area contributed by atoms with Gasteiger partial charge in [-0.25, -0.2) is 13.4 Å². The van der Waals surface area contributed by atoms with E-state index in [1.165, 1.54) is 6.26 Å². The van der Waals surface area contributed by atoms with Crippen LogP contribution in [0.2, 0.25) is 0 Å². The first kappa shape index (κ1) is 17.3. The Morgan fingerprint density at radius 2 is 2.16 bits per heavy atom. The predicted molar refractivity (Wildman–Crippen MR) is 106 cm³/mol. The number of allylic oxidation sites excluding steroid dienone is 1. The molecule has 3 heterocycles. The Morgan fingerprint density at radius 1 is 1.36 bits per heavy atom. The van der Waals surface area contributed by atoms with Crippen molar-refractivity contribution in [2.75, 3.05) is 25.9 Å². The molecule has 2 aliphatic heterocycles. The first-order valence-electron chi connectivity index (χ1n) is 8.41. The van der Waals surface area contributed by atoms with Crippen molar-refractivity contribution in [2.24, 2.45) is 5.92 Å². The lowest BCUT2D eigenvalue weighted by molar-refractivity contribution is 0.224. The highest BCUT2D eigenvalue weighted by Gasteiger charge is 2.41. The van der Waals surface area contributed by atoms with E-state index in [1.54, 1.807) is 23.1 Å². The minimum atomic E-state index is -3.31. The van der Waals surface area contributed by atoms with Crippen LogP contribution in [0.5, 0.6) is 0 Å². The second-order valence-corrected chi connectivity index (χ2v) is 10.6. The fourth-order valence-electron chi connectivity index (χ4n) is 3.59. The Morgan fingerprint density at radius 3 is 2.88 bits per heavy atom. The predicted octanol–water partition coefficient (Wildman–Crippen LogP) is 2.97. The minimum absolute atomic E-state index is 0.359. The quantitative estimate of drug-likeness (QED) is 0.862. The molecule has 2 aromatic rings. The van der Waals surface area contributed by atoms with Gasteiger partial charge in [0.2, 0.25) is 10.0 Å². The summed E-state index contributed by atoms with van der Waals surface area (Å²) in [4.78, 5) is 7.24. The van der Waals surface area contributed by atoms with Gasteiger partial charge in [0.1, 0.15) is 5.01 Å². The van der Waals surface area contributed by atoms with Crippen molar-refractivity contribution in [1.29, 1.82) is 0 Å². The number of hydrogen-bond acceptors (Lipinski definition) is 6. The molecule has 25 heavy (non-hydrogen) atoms. The zero-order valence-electron chi connectivity index (χ0n) is 14.2. The summed E-state index contributed by atoms with van der Waals surface area (Å²) in [6.07, 6.45) is 2.27. The number of nitrogens with one attached hydrogen (secondary N) is 1. The maximum absolute atomic E-state index is 11.9. The van der Waals surface area contributed by atoms with Crippen LogP contribution in [0, 0.1) is 5.92 Å². The third-order valence-electron chi connectivity index (χ3n) is 4.78. The molecule has 8 heteroatoms. The number of benzene rings is 1. The number of hydrogen-bond donors (Lipinski definition) is 1. The van der Waals surface area contributed by atoms with Gasteiger partial charge in [-0.1, -0.05) is 19.1 Å². The average molecular weight is 396 g/mol. The molecule has 0 saturated carbocycles. The molecule has 1 N–H and O–H groups in total. The average Bonchev–Trinajstić information content (AvgIpc) is 3.12. The molecule has 0 spiro atoms. The van der Waals surface area contributed by atoms with Gasteiger partial charge in [-0.2, -0.15) is 0 Å². The summed E-state index contributed by atoms with van der Waals surface area (Å²) in [7, 11) is -3.31. The third-order valence-corrected chi connectivity index (χ3v) is 7.89. The van der Waals surface area contributed by atoms with Crippen LogP contribution in [0.4, 0.5) is 0 Å². The van der Waals surface area contributed by atoms with E-state index in [0.29, 0.717) is 11.2 Å². The normalized spacial score (nSPS) is 24.7. The number of para-hydroxylation sites is 1. The monoisotopic (exact) mass is 395 g/mol. The summed E-state index contributed by atoms with van der Waals surface area (Å²) in [6.45, 7) is 5.26. The molecule has 1 aromatic heterocycles. The summed E-state index contributed by atoms with van der Waals surface area (Å²) in [5.41, 5.74) is 2.07. The van der Waals surface area contributed by atoms with Crippen LogP contribution in [0.15, 0.2) is 29.3 Å². The fourth-order valence-corrected chi connectivity index (χ4v) is 7.23. The van der Waals surface area contributed by atoms with E-state index >= 15 is 0 Å². The van der Waals surface area contributed by atoms with Crippen LogP contribution in [0.3, 0.4) is 0 Å². The molecule has 2 unspecified atom stereocenters. The van der Waals surface area contributed by atoms with Crippen molar-refractivity contribution in [3.63, 3.8) is 0 Å². The van der Waals surface area contributed by atoms with E-state index in [2.05, 4.69) is 22.6 Å². The number of sulfonamides is 1. The van der Waals surface area contributed by atoms with Gasteiger partial charge >= 0.3 is 0 Å². The summed E-state index contributed by atoms with van der Waals surface area (Å²) in [6, 6.07) is 8.08. The number of fused-ring (bicyclic) bond motifs is 2. The van der Waals surface area contributed by atoms with E-state index in [0.717, 1.165) is 51.9 Å². The second kappa shape index (κ2) is 6.57. The van der Waals surface area contributed by atoms with Gasteiger partial charge in [0.05, 0.1) is 21.5 Å². The number of rotatable bonds is 4. The summed E-state index contributed by atoms with van der Waals surface area (Å²) in [5, 5.41) is 2.12. The molecule has 1 saturated heterocycles. The largest absolute Gasteiger partial charge is 0.302 e. The van der Waals surface area contributed by atoms with Gasteiger partial charge in [0.25, 0.3) is 0 Å². The van der Waals surface area contributed by atoms with Gasteiger partial charge in [-0.3, -0.25) is 4.72 Å². The van der Waals surface area contributed by atoms with Crippen LogP contribution >= 0.6 is 23.1 Å². The number of thiazole rings is 1. The Labute approximate surface area is 156 Å². The SMILES string of the molecule is CCN1CCC2C(c3nc4ccccc4s3)=C(NS(C)(=O)=O)SC2C1. The first-order chi connectivity index (χ1) is 11.9. The summed E-state index contributed by atoms with van der Waals surface area (Å²) >= 11 is 3.32. The molecule has 2 aliphatic rings. The lowest BCUT2D eigenvalue weighted by Gasteiger charge is -2.34. The zero-order valence-corrected chi connectivity index (χ0v) is 16.7. The molecule has 2 atom stereocenters. The van der Waals surface area contributed by atoms with E-state index in [-0.39, 0.29) is 0 Å². The van der Waals surface area contributed by atoms with E-state index in [9.17, 15) is 8.42 Å². The molecular formula is C17H21N3O2S3. The van der Waals surface area contributed by atoms with Gasteiger partial charge < -0.3 is 4.90 Å². The molecule has 5 nitrogen and oxygen atoms in total. The van der Waals surface area contributed by atoms with E-state index in [4.69, 9.17) is 4.98 Å². The van der Waals surface area contributed by atoms with Crippen LogP contribution in [-0.4, -0.2) is 49.4 Å². The number of likely N-dealkylation sites (tertiary alicyclic amines) is 1. The Balaban J connectivity index is 1.77. The highest BCUT2D eigenvalue weighted by molar-refractivity contribution is 8.05. The molecule has 134 valence electrons. The Bertz CT molecular complexity index is 903. The first-order valence-corrected chi connectivity index (χ1v) is 12.0. The number of piperidine rings is 1. The molecule has 1 fully saturated rings. The van der Waals surface area contributed by atoms with Crippen molar-refractivity contribution in [1.82, 2.24) is 14.6 Å². The van der Waals surface area contributed by atoms with Crippen molar-refractivity contribution in [2.45, 2.75) is 18.6 Å². The van der Waals surface area contributed by atoms with E-state index < -0.39 is 10.0 Å². The molecule has 1 aromatic carbocycles. The van der Waals surface area contributed by atoms with Crippen LogP contribution in [0.1, 0.15) is 18.4 Å². The minimum Gasteiger partial charge on any atom is -0.302 e. The number of aromatic nitrogens is 1. The van der Waals surface area contributed by atoms with Crippen molar-refractivity contribution in [3.05, 3.63) is 34.3 Å². The van der Waals surface area contributed by atoms with Crippen LogP contribution in [0.25, 0.3) is 15.8 Å². The summed E-state index contributed by atoms with van der Waals surface area (Å²) < 4.78 is 27.7. The summed E-state index contributed by atoms with van der Waals surface area (Å²) in [5.74, 6) is 0.359. The standard InChI is InChI=1S/C17H21N3O2S3/c1-3-20-9-8-11-14(10-20)24-17(19-25(2,21)22)15(11)16-18-12-6-4-5-7-13(12)23-16/h4-7,11,14,19H,3,8-10H2,1-2H3. The maximum Gasteiger partial charge on any atom is 0.230 e. The molecule has 0 radical (unpaired) electrons. The smallest absolute Gasteiger partial charge is 0.230 e. The zero-order chi connectivity index (χ0) is 17.6. The van der Waals surface area contributed by atoms with E-state index in [1.807, 2.05) is 18.2 Å². The Kier molecular flexibility index (Phi) is 4.56. The lowest BCUT2D eigenvalue weighted by Crippen LogP contribution is -2.40. The molecule has 0 amide bonds. The van der Waals surface area contributed by atoms with Gasteiger partial charge in [-0.05, 0) is 31.6 Å². The van der Waals surface area contributed by atoms with Gasteiger partial charge in [0, 0.05) is 23.3 Å². The highest BCUT2D eigenvalue weighted by atomic mass is 32.2. The molecule has 0 bridgehead atoms. The van der Waals surface area contributed by atoms with Gasteiger partial charge in [-0.15, -0.1) is 23.1 Å². The Hall–Kier alpha value is -1.09. The van der Waals surface area contributed by atoms with Crippen molar-refractivity contribution >= 4 is 48.9 Å². The van der Waals surface area contributed by atoms with Crippen molar-refractivity contribution in [3.8, 4) is 0 Å². The highest BCUT2D eigenvalue weighted by Crippen LogP contribution is 2.50. The lowest BCUT2D eigenvalue weighted by atomic mass is 9.89. The number of thioether (sulfide) groups is 1. The van der Waals surface area contributed by atoms with Gasteiger partial charge in [0.15, 0.2) is 0 Å². The van der Waals surface area contributed by atoms with Crippen LogP contribution in [-0.2, 0) is 10.0 Å².